The number of carbonyl (C=O) groups is 1. The van der Waals surface area contributed by atoms with Crippen molar-refractivity contribution in [3.63, 3.8) is 0 Å². The van der Waals surface area contributed by atoms with E-state index in [1.54, 1.807) is 4.90 Å². The van der Waals surface area contributed by atoms with Crippen molar-refractivity contribution in [3.8, 4) is 0 Å². The molecule has 2 amide bonds. The Bertz CT molecular complexity index is 360. The van der Waals surface area contributed by atoms with Gasteiger partial charge in [-0.3, -0.25) is 0 Å². The molecule has 0 heterocycles. The molecule has 0 aliphatic rings. The third-order valence-corrected chi connectivity index (χ3v) is 3.36. The van der Waals surface area contributed by atoms with Crippen molar-refractivity contribution in [2.45, 2.75) is 39.3 Å². The second-order valence-corrected chi connectivity index (χ2v) is 4.87. The lowest BCUT2D eigenvalue weighted by molar-refractivity contribution is 0.152. The molecule has 0 fully saturated rings. The highest BCUT2D eigenvalue weighted by Crippen LogP contribution is 2.16. The first-order chi connectivity index (χ1) is 7.97. The average Bonchev–Trinajstić information content (AvgIpc) is 2.36. The summed E-state index contributed by atoms with van der Waals surface area (Å²) in [4.78, 5) is 13.7. The predicted molar refractivity (Wildman–Crippen MR) is 70.8 cm³/mol. The summed E-state index contributed by atoms with van der Waals surface area (Å²) < 4.78 is 0. The van der Waals surface area contributed by atoms with Gasteiger partial charge in [0.1, 0.15) is 0 Å². The van der Waals surface area contributed by atoms with Crippen LogP contribution in [0.5, 0.6) is 0 Å². The number of nitrogens with zero attached hydrogens (tertiary/aromatic N) is 1. The van der Waals surface area contributed by atoms with Gasteiger partial charge in [0.05, 0.1) is 0 Å². The van der Waals surface area contributed by atoms with Crippen LogP contribution in [0.1, 0.15) is 32.8 Å². The first kappa shape index (κ1) is 13.6. The first-order valence-corrected chi connectivity index (χ1v) is 6.03. The molecule has 0 aliphatic carbocycles. The molecule has 0 saturated carbocycles. The third kappa shape index (κ3) is 3.77. The van der Waals surface area contributed by atoms with E-state index in [1.165, 1.54) is 0 Å². The second kappa shape index (κ2) is 5.71. The van der Waals surface area contributed by atoms with Crippen LogP contribution in [-0.2, 0) is 6.54 Å². The van der Waals surface area contributed by atoms with Crippen molar-refractivity contribution < 1.29 is 4.79 Å². The Kier molecular flexibility index (Phi) is 4.55. The van der Waals surface area contributed by atoms with Crippen molar-refractivity contribution in [2.75, 3.05) is 7.05 Å². The Morgan fingerprint density at radius 2 is 1.88 bits per heavy atom. The minimum absolute atomic E-state index is 0.0271. The lowest BCUT2D eigenvalue weighted by Crippen LogP contribution is -2.49. The summed E-state index contributed by atoms with van der Waals surface area (Å²) >= 11 is 0. The maximum Gasteiger partial charge on any atom is 0.317 e. The van der Waals surface area contributed by atoms with E-state index in [2.05, 4.69) is 26.1 Å². The molecule has 0 aromatic heterocycles. The highest BCUT2D eigenvalue weighted by Gasteiger charge is 2.25. The van der Waals surface area contributed by atoms with E-state index in [0.29, 0.717) is 6.54 Å². The molecular weight excluding hydrogens is 212 g/mol. The van der Waals surface area contributed by atoms with Crippen LogP contribution in [-0.4, -0.2) is 23.5 Å². The van der Waals surface area contributed by atoms with Crippen molar-refractivity contribution in [2.24, 2.45) is 0 Å². The molecule has 0 saturated heterocycles. The minimum atomic E-state index is -0.110. The first-order valence-electron chi connectivity index (χ1n) is 6.03. The van der Waals surface area contributed by atoms with Crippen LogP contribution >= 0.6 is 0 Å². The van der Waals surface area contributed by atoms with Crippen LogP contribution in [0.4, 0.5) is 4.79 Å². The number of carbonyl (C=O) groups excluding carboxylic acids is 1. The summed E-state index contributed by atoms with van der Waals surface area (Å²) in [6, 6.07) is 9.90. The summed E-state index contributed by atoms with van der Waals surface area (Å²) in [7, 11) is 1.84. The van der Waals surface area contributed by atoms with Gasteiger partial charge in [-0.2, -0.15) is 0 Å². The molecule has 3 heteroatoms. The molecule has 3 nitrogen and oxygen atoms in total. The van der Waals surface area contributed by atoms with Crippen molar-refractivity contribution >= 4 is 6.03 Å². The smallest absolute Gasteiger partial charge is 0.317 e. The van der Waals surface area contributed by atoms with Gasteiger partial charge in [-0.25, -0.2) is 4.79 Å². The molecule has 0 unspecified atom stereocenters. The van der Waals surface area contributed by atoms with Crippen LogP contribution in [0.3, 0.4) is 0 Å². The zero-order valence-corrected chi connectivity index (χ0v) is 11.2. The highest BCUT2D eigenvalue weighted by molar-refractivity contribution is 5.74. The SMILES string of the molecule is CCC(C)(C)N(C)C(=O)NCc1ccccc1. The van der Waals surface area contributed by atoms with Gasteiger partial charge in [0, 0.05) is 19.1 Å². The van der Waals surface area contributed by atoms with Crippen LogP contribution in [0, 0.1) is 0 Å². The average molecular weight is 234 g/mol. The van der Waals surface area contributed by atoms with Crippen molar-refractivity contribution in [1.82, 2.24) is 10.2 Å². The Labute approximate surface area is 104 Å². The topological polar surface area (TPSA) is 32.3 Å². The fourth-order valence-corrected chi connectivity index (χ4v) is 1.40. The maximum absolute atomic E-state index is 11.9. The number of rotatable bonds is 4. The monoisotopic (exact) mass is 234 g/mol. The number of nitrogens with one attached hydrogen (secondary N) is 1. The van der Waals surface area contributed by atoms with Crippen molar-refractivity contribution in [3.05, 3.63) is 35.9 Å². The Morgan fingerprint density at radius 1 is 1.29 bits per heavy atom. The summed E-state index contributed by atoms with van der Waals surface area (Å²) in [6.45, 7) is 6.79. The number of benzene rings is 1. The van der Waals surface area contributed by atoms with Gasteiger partial charge in [0.25, 0.3) is 0 Å². The molecule has 17 heavy (non-hydrogen) atoms. The molecule has 0 spiro atoms. The Balaban J connectivity index is 2.51. The van der Waals surface area contributed by atoms with Crippen LogP contribution in [0.25, 0.3) is 0 Å². The van der Waals surface area contributed by atoms with E-state index < -0.39 is 0 Å². The summed E-state index contributed by atoms with van der Waals surface area (Å²) in [5.74, 6) is 0. The van der Waals surface area contributed by atoms with Crippen molar-refractivity contribution in [1.29, 1.82) is 0 Å². The normalized spacial score (nSPS) is 11.1. The fourth-order valence-electron chi connectivity index (χ4n) is 1.40. The zero-order chi connectivity index (χ0) is 12.9. The molecular formula is C14H22N2O. The van der Waals surface area contributed by atoms with Gasteiger partial charge in [0.15, 0.2) is 0 Å². The van der Waals surface area contributed by atoms with Crippen LogP contribution < -0.4 is 5.32 Å². The van der Waals surface area contributed by atoms with Gasteiger partial charge in [-0.15, -0.1) is 0 Å². The van der Waals surface area contributed by atoms with E-state index in [-0.39, 0.29) is 11.6 Å². The molecule has 94 valence electrons. The fraction of sp³-hybridized carbons (Fsp3) is 0.500. The second-order valence-electron chi connectivity index (χ2n) is 4.87. The maximum atomic E-state index is 11.9. The largest absolute Gasteiger partial charge is 0.334 e. The molecule has 0 radical (unpaired) electrons. The Hall–Kier alpha value is -1.51. The van der Waals surface area contributed by atoms with Gasteiger partial charge < -0.3 is 10.2 Å². The number of urea groups is 1. The molecule has 1 aromatic rings. The van der Waals surface area contributed by atoms with Gasteiger partial charge >= 0.3 is 6.03 Å². The zero-order valence-electron chi connectivity index (χ0n) is 11.2. The highest BCUT2D eigenvalue weighted by atomic mass is 16.2. The lowest BCUT2D eigenvalue weighted by Gasteiger charge is -2.34. The number of hydrogen-bond donors (Lipinski definition) is 1. The van der Waals surface area contributed by atoms with Gasteiger partial charge in [0.2, 0.25) is 0 Å². The summed E-state index contributed by atoms with van der Waals surface area (Å²) in [5.41, 5.74) is 1.00. The van der Waals surface area contributed by atoms with Gasteiger partial charge in [-0.1, -0.05) is 37.3 Å². The van der Waals surface area contributed by atoms with Crippen LogP contribution in [0.2, 0.25) is 0 Å². The minimum Gasteiger partial charge on any atom is -0.334 e. The van der Waals surface area contributed by atoms with E-state index in [9.17, 15) is 4.79 Å². The molecule has 0 aliphatic heterocycles. The van der Waals surface area contributed by atoms with Gasteiger partial charge in [-0.05, 0) is 25.8 Å². The lowest BCUT2D eigenvalue weighted by atomic mass is 10.0. The van der Waals surface area contributed by atoms with E-state index in [0.717, 1.165) is 12.0 Å². The third-order valence-electron chi connectivity index (χ3n) is 3.36. The summed E-state index contributed by atoms with van der Waals surface area (Å²) in [5, 5.41) is 2.93. The van der Waals surface area contributed by atoms with E-state index in [1.807, 2.05) is 37.4 Å². The Morgan fingerprint density at radius 3 is 2.41 bits per heavy atom. The molecule has 1 N–H and O–H groups in total. The molecule has 0 atom stereocenters. The molecule has 0 bridgehead atoms. The standard InChI is InChI=1S/C14H22N2O/c1-5-14(2,3)16(4)13(17)15-11-12-9-7-6-8-10-12/h6-10H,5,11H2,1-4H3,(H,15,17). The van der Waals surface area contributed by atoms with E-state index in [4.69, 9.17) is 0 Å². The number of amides is 2. The summed E-state index contributed by atoms with van der Waals surface area (Å²) in [6.07, 6.45) is 0.933. The molecule has 1 rings (SSSR count). The quantitative estimate of drug-likeness (QED) is 0.853. The number of hydrogen-bond acceptors (Lipinski definition) is 1. The van der Waals surface area contributed by atoms with E-state index >= 15 is 0 Å². The predicted octanol–water partition coefficient (Wildman–Crippen LogP) is 3.02. The molecule has 1 aromatic carbocycles. The van der Waals surface area contributed by atoms with Crippen LogP contribution in [0.15, 0.2) is 30.3 Å².